The molecule has 0 spiro atoms. The van der Waals surface area contributed by atoms with E-state index in [0.717, 1.165) is 29.5 Å². The lowest BCUT2D eigenvalue weighted by atomic mass is 9.86. The molecule has 1 N–H and O–H groups in total. The summed E-state index contributed by atoms with van der Waals surface area (Å²) < 4.78 is 34.2. The Morgan fingerprint density at radius 1 is 0.870 bits per heavy atom. The fourth-order valence-corrected chi connectivity index (χ4v) is 7.16. The van der Waals surface area contributed by atoms with Crippen LogP contribution in [0.4, 0.5) is 0 Å². The van der Waals surface area contributed by atoms with Crippen LogP contribution in [0.3, 0.4) is 0 Å². The lowest BCUT2D eigenvalue weighted by Gasteiger charge is -2.30. The van der Waals surface area contributed by atoms with Gasteiger partial charge in [-0.3, -0.25) is 9.59 Å². The van der Waals surface area contributed by atoms with Crippen molar-refractivity contribution in [3.63, 3.8) is 0 Å². The number of aliphatic hydroxyl groups is 1. The Morgan fingerprint density at radius 3 is 2.15 bits per heavy atom. The molecule has 1 aromatic heterocycles. The molecule has 0 aliphatic heterocycles. The van der Waals surface area contributed by atoms with Gasteiger partial charge in [0.2, 0.25) is 10.0 Å². The normalized spacial score (nSPS) is 13.2. The zero-order chi connectivity index (χ0) is 33.3. The van der Waals surface area contributed by atoms with Crippen molar-refractivity contribution in [2.45, 2.75) is 70.8 Å². The number of sulfonamides is 1. The van der Waals surface area contributed by atoms with Gasteiger partial charge in [0, 0.05) is 42.6 Å². The van der Waals surface area contributed by atoms with Crippen molar-refractivity contribution in [1.29, 1.82) is 0 Å². The Hall–Kier alpha value is -3.85. The molecule has 0 unspecified atom stereocenters. The zero-order valence-corrected chi connectivity index (χ0v) is 28.0. The summed E-state index contributed by atoms with van der Waals surface area (Å²) in [6.45, 7) is 7.84. The highest BCUT2D eigenvalue weighted by atomic mass is 32.2. The van der Waals surface area contributed by atoms with E-state index in [1.165, 1.54) is 4.31 Å². The second-order valence-electron chi connectivity index (χ2n) is 12.5. The van der Waals surface area contributed by atoms with Crippen molar-refractivity contribution < 1.29 is 27.5 Å². The van der Waals surface area contributed by atoms with E-state index in [0.29, 0.717) is 29.5 Å². The van der Waals surface area contributed by atoms with Crippen LogP contribution < -0.4 is 0 Å². The Bertz CT molecular complexity index is 1680. The number of aliphatic hydroxyl groups excluding tert-OH is 1. The molecule has 1 heterocycles. The van der Waals surface area contributed by atoms with Gasteiger partial charge in [-0.2, -0.15) is 4.31 Å². The summed E-state index contributed by atoms with van der Waals surface area (Å²) in [4.78, 5) is 27.2. The van der Waals surface area contributed by atoms with Crippen LogP contribution in [0.15, 0.2) is 101 Å². The summed E-state index contributed by atoms with van der Waals surface area (Å²) in [7, 11) is -3.91. The van der Waals surface area contributed by atoms with Crippen molar-refractivity contribution >= 4 is 21.6 Å². The first-order chi connectivity index (χ1) is 22.0. The number of aryl methyl sites for hydroxylation is 1. The summed E-state index contributed by atoms with van der Waals surface area (Å²) in [6.07, 6.45) is 4.34. The van der Waals surface area contributed by atoms with Gasteiger partial charge >= 0.3 is 0 Å². The number of carbonyl (C=O) groups excluding carboxylic acids is 2. The van der Waals surface area contributed by atoms with Gasteiger partial charge < -0.3 is 9.52 Å². The second kappa shape index (κ2) is 16.1. The molecule has 4 aromatic rings. The minimum absolute atomic E-state index is 0.0101. The highest BCUT2D eigenvalue weighted by Gasteiger charge is 2.32. The van der Waals surface area contributed by atoms with Crippen LogP contribution in [0.1, 0.15) is 78.3 Å². The van der Waals surface area contributed by atoms with Crippen molar-refractivity contribution in [1.82, 2.24) is 4.31 Å². The molecule has 0 radical (unpaired) electrons. The Kier molecular flexibility index (Phi) is 12.3. The predicted molar refractivity (Wildman–Crippen MR) is 181 cm³/mol. The van der Waals surface area contributed by atoms with E-state index in [9.17, 15) is 23.1 Å². The Balaban J connectivity index is 1.66. The summed E-state index contributed by atoms with van der Waals surface area (Å²) >= 11 is 0. The van der Waals surface area contributed by atoms with Crippen molar-refractivity contribution in [3.8, 4) is 11.1 Å². The first-order valence-electron chi connectivity index (χ1n) is 16.0. The molecule has 8 heteroatoms. The van der Waals surface area contributed by atoms with Gasteiger partial charge in [0.1, 0.15) is 0 Å². The molecular formula is C38H45NO6S. The molecular weight excluding hydrogens is 598 g/mol. The molecule has 4 rings (SSSR count). The van der Waals surface area contributed by atoms with Crippen LogP contribution in [-0.4, -0.2) is 48.6 Å². The summed E-state index contributed by atoms with van der Waals surface area (Å²) in [5, 5.41) is 11.7. The van der Waals surface area contributed by atoms with E-state index in [2.05, 4.69) is 0 Å². The molecule has 46 heavy (non-hydrogen) atoms. The van der Waals surface area contributed by atoms with E-state index in [4.69, 9.17) is 4.42 Å². The average Bonchev–Trinajstić information content (AvgIpc) is 3.58. The second-order valence-corrected chi connectivity index (χ2v) is 14.4. The quantitative estimate of drug-likeness (QED) is 0.118. The van der Waals surface area contributed by atoms with Gasteiger partial charge in [0.25, 0.3) is 0 Å². The lowest BCUT2D eigenvalue weighted by Crippen LogP contribution is -2.43. The van der Waals surface area contributed by atoms with Crippen LogP contribution in [0.25, 0.3) is 11.1 Å². The molecule has 0 aliphatic rings. The van der Waals surface area contributed by atoms with Gasteiger partial charge in [-0.1, -0.05) is 75.2 Å². The monoisotopic (exact) mass is 643 g/mol. The van der Waals surface area contributed by atoms with Crippen LogP contribution >= 0.6 is 0 Å². The van der Waals surface area contributed by atoms with Gasteiger partial charge in [-0.25, -0.2) is 8.42 Å². The van der Waals surface area contributed by atoms with Crippen LogP contribution in [0.5, 0.6) is 0 Å². The molecule has 0 amide bonds. The first-order valence-corrected chi connectivity index (χ1v) is 17.4. The van der Waals surface area contributed by atoms with Crippen LogP contribution in [0, 0.1) is 18.8 Å². The average molecular weight is 644 g/mol. The minimum Gasteiger partial charge on any atom is -0.472 e. The van der Waals surface area contributed by atoms with Gasteiger partial charge in [0.05, 0.1) is 23.5 Å². The highest BCUT2D eigenvalue weighted by Crippen LogP contribution is 2.28. The molecule has 7 nitrogen and oxygen atoms in total. The number of furan rings is 1. The number of unbranched alkanes of at least 4 members (excludes halogenated alkanes) is 1. The fraction of sp³-hybridized carbons (Fsp3) is 0.368. The van der Waals surface area contributed by atoms with E-state index in [1.54, 1.807) is 61.1 Å². The predicted octanol–water partition coefficient (Wildman–Crippen LogP) is 7.77. The first kappa shape index (κ1) is 35.0. The molecule has 3 aromatic carbocycles. The molecule has 0 saturated carbocycles. The largest absolute Gasteiger partial charge is 0.472 e. The van der Waals surface area contributed by atoms with Crippen molar-refractivity contribution in [2.24, 2.45) is 11.8 Å². The molecule has 244 valence electrons. The number of hydrogen-bond acceptors (Lipinski definition) is 6. The number of ketones is 2. The van der Waals surface area contributed by atoms with E-state index < -0.39 is 22.0 Å². The molecule has 2 atom stereocenters. The van der Waals surface area contributed by atoms with Crippen LogP contribution in [0.2, 0.25) is 0 Å². The smallest absolute Gasteiger partial charge is 0.243 e. The molecule has 0 aliphatic carbocycles. The number of Topliss-reactive ketones (excluding diaryl/α,β-unsaturated/α-hetero) is 2. The number of hydrogen-bond donors (Lipinski definition) is 1. The lowest BCUT2D eigenvalue weighted by molar-refractivity contribution is 0.0689. The summed E-state index contributed by atoms with van der Waals surface area (Å²) in [5.41, 5.74) is 4.16. The van der Waals surface area contributed by atoms with Crippen LogP contribution in [-0.2, 0) is 16.4 Å². The maximum atomic E-state index is 14.0. The summed E-state index contributed by atoms with van der Waals surface area (Å²) in [6, 6.07) is 23.2. The third-order valence-electron chi connectivity index (χ3n) is 8.14. The number of nitrogens with zero attached hydrogens (tertiary/aromatic N) is 1. The highest BCUT2D eigenvalue weighted by molar-refractivity contribution is 7.89. The van der Waals surface area contributed by atoms with Gasteiger partial charge in [-0.05, 0) is 79.1 Å². The van der Waals surface area contributed by atoms with Gasteiger partial charge in [-0.15, -0.1) is 0 Å². The Labute approximate surface area is 273 Å². The number of carbonyl (C=O) groups is 2. The summed E-state index contributed by atoms with van der Waals surface area (Å²) in [5.74, 6) is -0.843. The van der Waals surface area contributed by atoms with E-state index in [-0.39, 0.29) is 41.9 Å². The van der Waals surface area contributed by atoms with E-state index in [1.807, 2.05) is 58.0 Å². The van der Waals surface area contributed by atoms with Crippen molar-refractivity contribution in [2.75, 3.05) is 13.1 Å². The molecule has 0 fully saturated rings. The SMILES string of the molecule is CCCCC(=O)c1cc(C(=O)C[C@@H](Cc2ccccc2)[C@H](O)CN(CC(C)C)S(=O)(=O)c2ccc(C)cc2)cc(-c2ccoc2)c1. The number of benzene rings is 3. The standard InChI is InChI=1S/C38H45NO6S/c1-5-6-12-36(40)33-20-31(30-17-18-45-26-30)21-34(22-33)37(41)23-32(19-29-10-8-7-9-11-29)38(42)25-39(24-27(2)3)46(43,44)35-15-13-28(4)14-16-35/h7-11,13-18,20-22,26-27,32,38,42H,5-6,12,19,23-25H2,1-4H3/t32-,38-/m1/s1. The minimum atomic E-state index is -3.91. The topological polar surface area (TPSA) is 105 Å². The fourth-order valence-electron chi connectivity index (χ4n) is 5.54. The molecule has 0 saturated heterocycles. The zero-order valence-electron chi connectivity index (χ0n) is 27.2. The van der Waals surface area contributed by atoms with Crippen molar-refractivity contribution in [3.05, 3.63) is 114 Å². The third kappa shape index (κ3) is 9.34. The maximum Gasteiger partial charge on any atom is 0.243 e. The Morgan fingerprint density at radius 2 is 1.54 bits per heavy atom. The number of rotatable bonds is 17. The van der Waals surface area contributed by atoms with Gasteiger partial charge in [0.15, 0.2) is 11.6 Å². The van der Waals surface area contributed by atoms with E-state index >= 15 is 0 Å². The maximum absolute atomic E-state index is 14.0. The third-order valence-corrected chi connectivity index (χ3v) is 9.99. The molecule has 0 bridgehead atoms.